The van der Waals surface area contributed by atoms with E-state index in [2.05, 4.69) is 26.3 Å². The molecular formula is C12H20BrN3O2S. The van der Waals surface area contributed by atoms with Crippen LogP contribution in [0.15, 0.2) is 15.5 Å². The van der Waals surface area contributed by atoms with E-state index < -0.39 is 10.8 Å². The van der Waals surface area contributed by atoms with Gasteiger partial charge in [0.1, 0.15) is 4.47 Å². The van der Waals surface area contributed by atoms with Crippen LogP contribution in [0.1, 0.15) is 26.7 Å². The van der Waals surface area contributed by atoms with Gasteiger partial charge in [0.05, 0.1) is 11.9 Å². The molecule has 1 aromatic rings. The third-order valence-corrected chi connectivity index (χ3v) is 4.24. The number of aromatic nitrogens is 2. The third kappa shape index (κ3) is 5.06. The zero-order chi connectivity index (χ0) is 14.4. The molecule has 0 aromatic carbocycles. The quantitative estimate of drug-likeness (QED) is 0.817. The minimum atomic E-state index is -0.793. The number of anilines is 1. The first-order valence-electron chi connectivity index (χ1n) is 6.27. The van der Waals surface area contributed by atoms with E-state index in [1.54, 1.807) is 12.5 Å². The maximum Gasteiger partial charge on any atom is 0.283 e. The smallest absolute Gasteiger partial charge is 0.283 e. The second-order valence-corrected chi connectivity index (χ2v) is 6.86. The summed E-state index contributed by atoms with van der Waals surface area (Å²) in [5, 5.41) is 7.35. The van der Waals surface area contributed by atoms with Gasteiger partial charge in [-0.15, -0.1) is 0 Å². The van der Waals surface area contributed by atoms with Crippen LogP contribution < -0.4 is 10.9 Å². The van der Waals surface area contributed by atoms with Crippen LogP contribution in [-0.4, -0.2) is 32.0 Å². The molecule has 108 valence electrons. The monoisotopic (exact) mass is 349 g/mol. The van der Waals surface area contributed by atoms with Gasteiger partial charge in [0, 0.05) is 35.4 Å². The van der Waals surface area contributed by atoms with E-state index >= 15 is 0 Å². The average molecular weight is 350 g/mol. The van der Waals surface area contributed by atoms with Crippen molar-refractivity contribution in [2.24, 2.45) is 0 Å². The van der Waals surface area contributed by atoms with Crippen LogP contribution >= 0.6 is 15.9 Å². The average Bonchev–Trinajstić information content (AvgIpc) is 2.36. The lowest BCUT2D eigenvalue weighted by Crippen LogP contribution is -2.26. The van der Waals surface area contributed by atoms with Crippen molar-refractivity contribution in [2.75, 3.05) is 17.3 Å². The summed E-state index contributed by atoms with van der Waals surface area (Å²) in [6, 6.07) is 0.142. The van der Waals surface area contributed by atoms with Crippen LogP contribution in [0.4, 0.5) is 5.69 Å². The normalized spacial score (nSPS) is 14.1. The second kappa shape index (κ2) is 7.79. The first kappa shape index (κ1) is 16.4. The Kier molecular flexibility index (Phi) is 6.71. The number of aryl methyl sites for hydroxylation is 1. The molecule has 0 bridgehead atoms. The number of hydrogen-bond donors (Lipinski definition) is 1. The Hall–Kier alpha value is -0.690. The minimum Gasteiger partial charge on any atom is -0.380 e. The zero-order valence-corrected chi connectivity index (χ0v) is 13.9. The molecule has 0 saturated carbocycles. The van der Waals surface area contributed by atoms with Crippen LogP contribution in [0.3, 0.4) is 0 Å². The van der Waals surface area contributed by atoms with Gasteiger partial charge in [-0.25, -0.2) is 4.68 Å². The molecule has 0 fully saturated rings. The number of hydrogen-bond acceptors (Lipinski definition) is 4. The molecule has 7 heteroatoms. The molecule has 19 heavy (non-hydrogen) atoms. The van der Waals surface area contributed by atoms with E-state index in [9.17, 15) is 9.00 Å². The molecule has 0 radical (unpaired) electrons. The summed E-state index contributed by atoms with van der Waals surface area (Å²) in [4.78, 5) is 12.0. The molecule has 0 saturated heterocycles. The van der Waals surface area contributed by atoms with Crippen LogP contribution in [0.25, 0.3) is 0 Å². The van der Waals surface area contributed by atoms with Crippen LogP contribution in [0, 0.1) is 0 Å². The standard InChI is InChI=1S/C12H20BrN3O2S/c1-4-6-16-12(17)11(13)10(8-14-16)15-9(2)5-7-19(3)18/h8-9,15H,4-7H2,1-3H3. The van der Waals surface area contributed by atoms with Gasteiger partial charge in [0.15, 0.2) is 0 Å². The van der Waals surface area contributed by atoms with Gasteiger partial charge in [0.25, 0.3) is 5.56 Å². The summed E-state index contributed by atoms with van der Waals surface area (Å²) < 4.78 is 13.0. The zero-order valence-electron chi connectivity index (χ0n) is 11.5. The fourth-order valence-corrected chi connectivity index (χ4v) is 2.72. The van der Waals surface area contributed by atoms with Crippen LogP contribution in [0.2, 0.25) is 0 Å². The number of halogens is 1. The predicted molar refractivity (Wildman–Crippen MR) is 83.1 cm³/mol. The van der Waals surface area contributed by atoms with Crippen molar-refractivity contribution in [1.29, 1.82) is 0 Å². The Morgan fingerprint density at radius 2 is 2.26 bits per heavy atom. The second-order valence-electron chi connectivity index (χ2n) is 4.51. The van der Waals surface area contributed by atoms with E-state index in [-0.39, 0.29) is 11.6 Å². The third-order valence-electron chi connectivity index (χ3n) is 2.66. The lowest BCUT2D eigenvalue weighted by atomic mass is 10.2. The summed E-state index contributed by atoms with van der Waals surface area (Å²) in [6.07, 6.45) is 5.00. The van der Waals surface area contributed by atoms with Crippen molar-refractivity contribution in [1.82, 2.24) is 9.78 Å². The number of nitrogens with one attached hydrogen (secondary N) is 1. The summed E-state index contributed by atoms with van der Waals surface area (Å²) in [5.41, 5.74) is 0.560. The van der Waals surface area contributed by atoms with Crippen LogP contribution in [-0.2, 0) is 17.3 Å². The predicted octanol–water partition coefficient (Wildman–Crippen LogP) is 1.98. The minimum absolute atomic E-state index is 0.127. The summed E-state index contributed by atoms with van der Waals surface area (Å²) >= 11 is 3.31. The Morgan fingerprint density at radius 1 is 1.58 bits per heavy atom. The Balaban J connectivity index is 2.77. The van der Waals surface area contributed by atoms with Gasteiger partial charge in [-0.1, -0.05) is 6.92 Å². The van der Waals surface area contributed by atoms with E-state index in [0.29, 0.717) is 22.5 Å². The van der Waals surface area contributed by atoms with Gasteiger partial charge >= 0.3 is 0 Å². The van der Waals surface area contributed by atoms with E-state index in [1.165, 1.54) is 4.68 Å². The maximum atomic E-state index is 12.0. The van der Waals surface area contributed by atoms with Gasteiger partial charge < -0.3 is 5.32 Å². The Morgan fingerprint density at radius 3 is 2.84 bits per heavy atom. The topological polar surface area (TPSA) is 64.0 Å². The van der Waals surface area contributed by atoms with E-state index in [0.717, 1.165) is 12.8 Å². The summed E-state index contributed by atoms with van der Waals surface area (Å²) in [7, 11) is -0.793. The highest BCUT2D eigenvalue weighted by Crippen LogP contribution is 2.17. The largest absolute Gasteiger partial charge is 0.380 e. The molecule has 0 aliphatic heterocycles. The van der Waals surface area contributed by atoms with Crippen molar-refractivity contribution in [3.63, 3.8) is 0 Å². The molecule has 0 aliphatic carbocycles. The SMILES string of the molecule is CCCn1ncc(NC(C)CCS(C)=O)c(Br)c1=O. The van der Waals surface area contributed by atoms with Crippen molar-refractivity contribution in [3.05, 3.63) is 21.0 Å². The molecule has 2 atom stereocenters. The van der Waals surface area contributed by atoms with E-state index in [1.807, 2.05) is 13.8 Å². The molecule has 0 spiro atoms. The molecule has 1 heterocycles. The Labute approximate surface area is 124 Å². The summed E-state index contributed by atoms with van der Waals surface area (Å²) in [6.45, 7) is 4.61. The van der Waals surface area contributed by atoms with Crippen molar-refractivity contribution >= 4 is 32.4 Å². The van der Waals surface area contributed by atoms with Crippen molar-refractivity contribution < 1.29 is 4.21 Å². The van der Waals surface area contributed by atoms with Gasteiger partial charge in [-0.2, -0.15) is 5.10 Å². The van der Waals surface area contributed by atoms with Gasteiger partial charge in [-0.3, -0.25) is 9.00 Å². The van der Waals surface area contributed by atoms with E-state index in [4.69, 9.17) is 0 Å². The first-order chi connectivity index (χ1) is 8.95. The Bertz CT molecular complexity index is 504. The highest BCUT2D eigenvalue weighted by atomic mass is 79.9. The highest BCUT2D eigenvalue weighted by molar-refractivity contribution is 9.10. The molecule has 0 aliphatic rings. The fourth-order valence-electron chi connectivity index (χ4n) is 1.62. The van der Waals surface area contributed by atoms with Crippen molar-refractivity contribution in [3.8, 4) is 0 Å². The molecule has 2 unspecified atom stereocenters. The lowest BCUT2D eigenvalue weighted by molar-refractivity contribution is 0.565. The summed E-state index contributed by atoms with van der Waals surface area (Å²) in [5.74, 6) is 0.645. The molecule has 0 amide bonds. The van der Waals surface area contributed by atoms with Crippen LogP contribution in [0.5, 0.6) is 0 Å². The molecule has 1 N–H and O–H groups in total. The molecular weight excluding hydrogens is 330 g/mol. The molecule has 5 nitrogen and oxygen atoms in total. The van der Waals surface area contributed by atoms with Crippen molar-refractivity contribution in [2.45, 2.75) is 39.3 Å². The molecule has 1 rings (SSSR count). The highest BCUT2D eigenvalue weighted by Gasteiger charge is 2.11. The lowest BCUT2D eigenvalue weighted by Gasteiger charge is -2.16. The first-order valence-corrected chi connectivity index (χ1v) is 8.79. The number of rotatable bonds is 7. The molecule has 1 aromatic heterocycles. The van der Waals surface area contributed by atoms with Gasteiger partial charge in [0.2, 0.25) is 0 Å². The fraction of sp³-hybridized carbons (Fsp3) is 0.667. The number of nitrogens with zero attached hydrogens (tertiary/aromatic N) is 2. The van der Waals surface area contributed by atoms with Gasteiger partial charge in [-0.05, 0) is 35.7 Å². The maximum absolute atomic E-state index is 12.0.